The van der Waals surface area contributed by atoms with Gasteiger partial charge in [-0.25, -0.2) is 9.37 Å². The minimum absolute atomic E-state index is 0.0904. The Morgan fingerprint density at radius 2 is 2.00 bits per heavy atom. The fourth-order valence-electron chi connectivity index (χ4n) is 2.91. The predicted molar refractivity (Wildman–Crippen MR) is 105 cm³/mol. The first-order chi connectivity index (χ1) is 13.3. The highest BCUT2D eigenvalue weighted by molar-refractivity contribution is 7.15. The van der Waals surface area contributed by atoms with Crippen molar-refractivity contribution in [1.82, 2.24) is 10.3 Å². The topological polar surface area (TPSA) is 91.4 Å². The third-order valence-electron chi connectivity index (χ3n) is 4.56. The van der Waals surface area contributed by atoms with E-state index >= 15 is 0 Å². The molecule has 7 nitrogen and oxygen atoms in total. The zero-order chi connectivity index (χ0) is 20.3. The monoisotopic (exact) mass is 404 g/mol. The molecule has 0 spiro atoms. The largest absolute Gasteiger partial charge is 0.355 e. The smallest absolute Gasteiger partial charge is 0.227 e. The van der Waals surface area contributed by atoms with Gasteiger partial charge in [-0.05, 0) is 38.1 Å². The molecule has 28 heavy (non-hydrogen) atoms. The van der Waals surface area contributed by atoms with Crippen molar-refractivity contribution in [2.75, 3.05) is 23.3 Å². The molecule has 0 radical (unpaired) electrons. The maximum absolute atomic E-state index is 13.0. The number of amides is 3. The average molecular weight is 404 g/mol. The highest BCUT2D eigenvalue weighted by Crippen LogP contribution is 2.25. The van der Waals surface area contributed by atoms with E-state index in [-0.39, 0.29) is 49.5 Å². The molecule has 2 N–H and O–H groups in total. The second-order valence-corrected chi connectivity index (χ2v) is 7.83. The molecule has 0 aliphatic carbocycles. The Hall–Kier alpha value is -2.81. The molecule has 1 aromatic carbocycles. The first-order valence-corrected chi connectivity index (χ1v) is 9.72. The maximum atomic E-state index is 13.0. The minimum atomic E-state index is -0.495. The number of anilines is 2. The Morgan fingerprint density at radius 1 is 1.29 bits per heavy atom. The number of nitrogens with zero attached hydrogens (tertiary/aromatic N) is 2. The summed E-state index contributed by atoms with van der Waals surface area (Å²) >= 11 is 1.41. The molecule has 1 atom stereocenters. The lowest BCUT2D eigenvalue weighted by Crippen LogP contribution is -2.34. The number of benzene rings is 1. The Labute approximate surface area is 166 Å². The molecule has 2 heterocycles. The number of hydrogen-bond donors (Lipinski definition) is 2. The Kier molecular flexibility index (Phi) is 6.03. The quantitative estimate of drug-likeness (QED) is 0.773. The average Bonchev–Trinajstić information content (AvgIpc) is 3.18. The molecule has 3 rings (SSSR count). The van der Waals surface area contributed by atoms with Crippen molar-refractivity contribution >= 4 is 39.9 Å². The molecule has 2 aromatic rings. The predicted octanol–water partition coefficient (Wildman–Crippen LogP) is 2.40. The van der Waals surface area contributed by atoms with Crippen LogP contribution in [0.2, 0.25) is 0 Å². The Morgan fingerprint density at radius 3 is 2.64 bits per heavy atom. The third kappa shape index (κ3) is 4.72. The zero-order valence-corrected chi connectivity index (χ0v) is 16.4. The molecule has 0 saturated carbocycles. The molecule has 1 aliphatic heterocycles. The number of nitrogens with one attached hydrogen (secondary N) is 2. The van der Waals surface area contributed by atoms with E-state index in [2.05, 4.69) is 15.6 Å². The van der Waals surface area contributed by atoms with Crippen molar-refractivity contribution in [3.8, 4) is 0 Å². The minimum Gasteiger partial charge on any atom is -0.355 e. The number of halogens is 1. The second-order valence-electron chi connectivity index (χ2n) is 6.63. The number of aromatic nitrogens is 1. The number of rotatable bonds is 6. The summed E-state index contributed by atoms with van der Waals surface area (Å²) in [6, 6.07) is 5.58. The summed E-state index contributed by atoms with van der Waals surface area (Å²) in [6.07, 6.45) is 0.207. The number of hydrogen-bond acceptors (Lipinski definition) is 5. The van der Waals surface area contributed by atoms with Gasteiger partial charge in [-0.15, -0.1) is 11.3 Å². The van der Waals surface area contributed by atoms with Crippen LogP contribution in [0.5, 0.6) is 0 Å². The van der Waals surface area contributed by atoms with Crippen molar-refractivity contribution in [2.24, 2.45) is 5.92 Å². The number of thiazole rings is 1. The summed E-state index contributed by atoms with van der Waals surface area (Å²) in [4.78, 5) is 43.2. The Bertz CT molecular complexity index is 878. The Balaban J connectivity index is 1.45. The molecule has 1 aliphatic rings. The van der Waals surface area contributed by atoms with Gasteiger partial charge in [0.25, 0.3) is 0 Å². The van der Waals surface area contributed by atoms with Gasteiger partial charge in [-0.1, -0.05) is 0 Å². The van der Waals surface area contributed by atoms with E-state index in [4.69, 9.17) is 0 Å². The van der Waals surface area contributed by atoms with Crippen molar-refractivity contribution in [3.05, 3.63) is 40.7 Å². The van der Waals surface area contributed by atoms with Gasteiger partial charge < -0.3 is 15.5 Å². The number of aryl methyl sites for hydroxylation is 2. The van der Waals surface area contributed by atoms with Crippen LogP contribution in [0.4, 0.5) is 15.2 Å². The van der Waals surface area contributed by atoms with Gasteiger partial charge in [-0.3, -0.25) is 14.4 Å². The van der Waals surface area contributed by atoms with E-state index in [0.29, 0.717) is 10.8 Å². The summed E-state index contributed by atoms with van der Waals surface area (Å²) in [5.41, 5.74) is 1.44. The fraction of sp³-hybridized carbons (Fsp3) is 0.368. The van der Waals surface area contributed by atoms with Crippen LogP contribution in [0.15, 0.2) is 24.3 Å². The first kappa shape index (κ1) is 19.9. The lowest BCUT2D eigenvalue weighted by atomic mass is 10.1. The van der Waals surface area contributed by atoms with Gasteiger partial charge in [0, 0.05) is 36.5 Å². The normalized spacial score (nSPS) is 16.3. The standard InChI is InChI=1S/C19H21FN4O3S/c1-11-12(2)28-19(22-11)23-16(25)7-8-21-18(27)13-9-17(26)24(10-13)15-5-3-14(20)4-6-15/h3-6,13H,7-10H2,1-2H3,(H,21,27)(H,22,23,25)/t13-/m0/s1. The molecule has 1 fully saturated rings. The SMILES string of the molecule is Cc1nc(NC(=O)CCNC(=O)[C@H]2CC(=O)N(c3ccc(F)cc3)C2)sc1C. The summed E-state index contributed by atoms with van der Waals surface area (Å²) in [6.45, 7) is 4.22. The van der Waals surface area contributed by atoms with Crippen molar-refractivity contribution in [3.63, 3.8) is 0 Å². The van der Waals surface area contributed by atoms with Gasteiger partial charge >= 0.3 is 0 Å². The van der Waals surface area contributed by atoms with Gasteiger partial charge in [0.15, 0.2) is 5.13 Å². The lowest BCUT2D eigenvalue weighted by molar-refractivity contribution is -0.126. The number of carbonyl (C=O) groups is 3. The molecule has 1 aromatic heterocycles. The van der Waals surface area contributed by atoms with E-state index in [9.17, 15) is 18.8 Å². The third-order valence-corrected chi connectivity index (χ3v) is 5.55. The highest BCUT2D eigenvalue weighted by Gasteiger charge is 2.35. The molecular formula is C19H21FN4O3S. The summed E-state index contributed by atoms with van der Waals surface area (Å²) in [7, 11) is 0. The second kappa shape index (κ2) is 8.47. The van der Waals surface area contributed by atoms with Crippen LogP contribution in [0.3, 0.4) is 0 Å². The first-order valence-electron chi connectivity index (χ1n) is 8.91. The van der Waals surface area contributed by atoms with Crippen LogP contribution in [0.25, 0.3) is 0 Å². The van der Waals surface area contributed by atoms with E-state index in [1.165, 1.54) is 40.5 Å². The molecule has 3 amide bonds. The van der Waals surface area contributed by atoms with E-state index in [1.807, 2.05) is 13.8 Å². The van der Waals surface area contributed by atoms with Crippen LogP contribution < -0.4 is 15.5 Å². The van der Waals surface area contributed by atoms with Gasteiger partial charge in [0.1, 0.15) is 5.82 Å². The van der Waals surface area contributed by atoms with Gasteiger partial charge in [-0.2, -0.15) is 0 Å². The van der Waals surface area contributed by atoms with E-state index in [1.54, 1.807) is 0 Å². The summed E-state index contributed by atoms with van der Waals surface area (Å²) in [5, 5.41) is 5.96. The fourth-order valence-corrected chi connectivity index (χ4v) is 3.74. The van der Waals surface area contributed by atoms with Crippen LogP contribution in [0.1, 0.15) is 23.4 Å². The molecule has 1 saturated heterocycles. The molecular weight excluding hydrogens is 383 g/mol. The van der Waals surface area contributed by atoms with E-state index in [0.717, 1.165) is 10.6 Å². The van der Waals surface area contributed by atoms with Crippen LogP contribution in [-0.2, 0) is 14.4 Å². The summed E-state index contributed by atoms with van der Waals surface area (Å²) < 4.78 is 13.0. The molecule has 0 bridgehead atoms. The maximum Gasteiger partial charge on any atom is 0.227 e. The van der Waals surface area contributed by atoms with E-state index < -0.39 is 5.92 Å². The van der Waals surface area contributed by atoms with Crippen LogP contribution in [0, 0.1) is 25.6 Å². The lowest BCUT2D eigenvalue weighted by Gasteiger charge is -2.16. The van der Waals surface area contributed by atoms with Gasteiger partial charge in [0.05, 0.1) is 11.6 Å². The zero-order valence-electron chi connectivity index (χ0n) is 15.6. The van der Waals surface area contributed by atoms with Crippen molar-refractivity contribution in [1.29, 1.82) is 0 Å². The summed E-state index contributed by atoms with van der Waals surface area (Å²) in [5.74, 6) is -1.56. The highest BCUT2D eigenvalue weighted by atomic mass is 32.1. The van der Waals surface area contributed by atoms with Crippen molar-refractivity contribution in [2.45, 2.75) is 26.7 Å². The molecule has 148 valence electrons. The van der Waals surface area contributed by atoms with Crippen molar-refractivity contribution < 1.29 is 18.8 Å². The molecule has 0 unspecified atom stereocenters. The molecule has 9 heteroatoms. The number of carbonyl (C=O) groups excluding carboxylic acids is 3. The van der Waals surface area contributed by atoms with Crippen LogP contribution in [-0.4, -0.2) is 35.8 Å². The van der Waals surface area contributed by atoms with Gasteiger partial charge in [0.2, 0.25) is 17.7 Å². The van der Waals surface area contributed by atoms with Crippen LogP contribution >= 0.6 is 11.3 Å².